The van der Waals surface area contributed by atoms with E-state index in [0.29, 0.717) is 21.8 Å². The third-order valence-electron chi connectivity index (χ3n) is 2.73. The zero-order valence-corrected chi connectivity index (χ0v) is 11.3. The normalized spacial score (nSPS) is 11.0. The average Bonchev–Trinajstić information content (AvgIpc) is 2.97. The lowest BCUT2D eigenvalue weighted by Crippen LogP contribution is -1.85. The monoisotopic (exact) mass is 303 g/mol. The molecule has 21 heavy (non-hydrogen) atoms. The molecule has 0 aliphatic heterocycles. The van der Waals surface area contributed by atoms with Crippen LogP contribution in [0.15, 0.2) is 52.0 Å². The Labute approximate surface area is 120 Å². The molecule has 0 fully saturated rings. The summed E-state index contributed by atoms with van der Waals surface area (Å²) < 4.78 is 36.3. The summed E-state index contributed by atoms with van der Waals surface area (Å²) in [5, 5.41) is 3.82. The molecule has 0 spiro atoms. The first-order valence-corrected chi connectivity index (χ1v) is 6.97. The van der Waals surface area contributed by atoms with Gasteiger partial charge in [-0.25, -0.2) is 4.98 Å². The zero-order chi connectivity index (χ0) is 14.8. The van der Waals surface area contributed by atoms with Crippen LogP contribution in [0.1, 0.15) is 0 Å². The fraction of sp³-hybridized carbons (Fsp3) is 0. The molecule has 1 N–H and O–H groups in total. The molecule has 6 nitrogen and oxygen atoms in total. The molecule has 2 aromatic heterocycles. The molecule has 0 radical (unpaired) electrons. The molecule has 3 rings (SSSR count). The van der Waals surface area contributed by atoms with Gasteiger partial charge in [0.2, 0.25) is 11.8 Å². The van der Waals surface area contributed by atoms with Crippen LogP contribution in [0.3, 0.4) is 0 Å². The van der Waals surface area contributed by atoms with Crippen molar-refractivity contribution in [1.82, 2.24) is 15.1 Å². The lowest BCUT2D eigenvalue weighted by Gasteiger charge is -2.01. The van der Waals surface area contributed by atoms with E-state index in [4.69, 9.17) is 9.30 Å². The molecule has 0 saturated heterocycles. The van der Waals surface area contributed by atoms with Crippen LogP contribution in [0.5, 0.6) is 0 Å². The molecule has 0 amide bonds. The highest BCUT2D eigenvalue weighted by Gasteiger charge is 2.11. The SMILES string of the molecule is N=[S-](=O)c1ccc(-c2noc(-c3ccnc(F)c3)n2)cc1. The van der Waals surface area contributed by atoms with E-state index in [1.807, 2.05) is 0 Å². The predicted molar refractivity (Wildman–Crippen MR) is 72.0 cm³/mol. The number of rotatable bonds is 3. The van der Waals surface area contributed by atoms with Gasteiger partial charge in [0.25, 0.3) is 5.89 Å². The quantitative estimate of drug-likeness (QED) is 0.593. The summed E-state index contributed by atoms with van der Waals surface area (Å²) in [4.78, 5) is 8.01. The number of halogens is 1. The molecule has 0 saturated carbocycles. The molecular weight excluding hydrogens is 295 g/mol. The van der Waals surface area contributed by atoms with Crippen molar-refractivity contribution < 1.29 is 13.1 Å². The number of hydrogen-bond acceptors (Lipinski definition) is 7. The van der Waals surface area contributed by atoms with Crippen LogP contribution in [-0.2, 0) is 14.8 Å². The fourth-order valence-corrected chi connectivity index (χ4v) is 2.10. The first-order chi connectivity index (χ1) is 10.1. The largest absolute Gasteiger partial charge is 0.440 e. The Morgan fingerprint density at radius 3 is 2.57 bits per heavy atom. The van der Waals surface area contributed by atoms with E-state index in [2.05, 4.69) is 15.1 Å². The minimum absolute atomic E-state index is 0.180. The third-order valence-corrected chi connectivity index (χ3v) is 3.43. The van der Waals surface area contributed by atoms with E-state index in [-0.39, 0.29) is 5.89 Å². The smallest absolute Gasteiger partial charge is 0.258 e. The average molecular weight is 303 g/mol. The Balaban J connectivity index is 1.94. The van der Waals surface area contributed by atoms with E-state index in [9.17, 15) is 8.60 Å². The van der Waals surface area contributed by atoms with Crippen molar-refractivity contribution in [3.8, 4) is 22.8 Å². The summed E-state index contributed by atoms with van der Waals surface area (Å²) in [6.45, 7) is 0. The Morgan fingerprint density at radius 2 is 1.90 bits per heavy atom. The third kappa shape index (κ3) is 2.79. The summed E-state index contributed by atoms with van der Waals surface area (Å²) in [6.07, 6.45) is 1.31. The molecule has 2 heterocycles. The van der Waals surface area contributed by atoms with Gasteiger partial charge >= 0.3 is 0 Å². The van der Waals surface area contributed by atoms with Gasteiger partial charge in [-0.05, 0) is 6.07 Å². The molecule has 1 aromatic carbocycles. The summed E-state index contributed by atoms with van der Waals surface area (Å²) >= 11 is 0. The van der Waals surface area contributed by atoms with E-state index < -0.39 is 16.5 Å². The van der Waals surface area contributed by atoms with Gasteiger partial charge in [0.1, 0.15) is 0 Å². The lowest BCUT2D eigenvalue weighted by molar-refractivity contribution is 0.432. The van der Waals surface area contributed by atoms with Crippen LogP contribution < -0.4 is 0 Å². The maximum Gasteiger partial charge on any atom is 0.258 e. The maximum absolute atomic E-state index is 13.1. The van der Waals surface area contributed by atoms with E-state index in [1.54, 1.807) is 30.3 Å². The lowest BCUT2D eigenvalue weighted by atomic mass is 10.2. The number of aromatic nitrogens is 3. The van der Waals surface area contributed by atoms with Gasteiger partial charge in [0.15, 0.2) is 0 Å². The van der Waals surface area contributed by atoms with Crippen molar-refractivity contribution in [3.05, 3.63) is 48.5 Å². The Kier molecular flexibility index (Phi) is 3.44. The van der Waals surface area contributed by atoms with Gasteiger partial charge in [-0.1, -0.05) is 29.4 Å². The van der Waals surface area contributed by atoms with Crippen LogP contribution in [0.4, 0.5) is 4.39 Å². The molecule has 0 atom stereocenters. The van der Waals surface area contributed by atoms with Gasteiger partial charge in [0.05, 0.1) is 0 Å². The Hall–Kier alpha value is -2.61. The summed E-state index contributed by atoms with van der Waals surface area (Å²) in [7, 11) is -1.78. The van der Waals surface area contributed by atoms with Crippen LogP contribution >= 0.6 is 0 Å². The topological polar surface area (TPSA) is 92.7 Å². The maximum atomic E-state index is 13.1. The molecule has 3 aromatic rings. The van der Waals surface area contributed by atoms with Crippen LogP contribution in [0.2, 0.25) is 0 Å². The second-order valence-electron chi connectivity index (χ2n) is 4.08. The van der Waals surface area contributed by atoms with Crippen LogP contribution in [0.25, 0.3) is 22.8 Å². The first-order valence-electron chi connectivity index (χ1n) is 5.82. The first kappa shape index (κ1) is 13.4. The summed E-state index contributed by atoms with van der Waals surface area (Å²) in [5.41, 5.74) is 1.08. The molecule has 0 aliphatic rings. The minimum atomic E-state index is -1.78. The fourth-order valence-electron chi connectivity index (χ4n) is 1.72. The van der Waals surface area contributed by atoms with Gasteiger partial charge in [0, 0.05) is 23.4 Å². The molecular formula is C13H8FN4O2S-. The molecule has 0 bridgehead atoms. The van der Waals surface area contributed by atoms with E-state index in [0.717, 1.165) is 0 Å². The molecule has 8 heteroatoms. The number of benzene rings is 1. The predicted octanol–water partition coefficient (Wildman–Crippen LogP) is 3.02. The standard InChI is InChI=1S/C13H8FN4O2S/c14-11-7-9(5-6-16-11)13-17-12(18-20-13)8-1-3-10(4-2-8)21(15)19/h1-7,15H/q-1. The van der Waals surface area contributed by atoms with E-state index in [1.165, 1.54) is 12.3 Å². The van der Waals surface area contributed by atoms with Gasteiger partial charge < -0.3 is 13.5 Å². The van der Waals surface area contributed by atoms with Gasteiger partial charge in [-0.3, -0.25) is 0 Å². The second kappa shape index (κ2) is 5.41. The molecule has 0 unspecified atom stereocenters. The van der Waals surface area contributed by atoms with Gasteiger partial charge in [-0.15, -0.1) is 4.90 Å². The van der Waals surface area contributed by atoms with Crippen LogP contribution in [0, 0.1) is 10.7 Å². The van der Waals surface area contributed by atoms with Crippen LogP contribution in [-0.4, -0.2) is 15.1 Å². The van der Waals surface area contributed by atoms with Crippen molar-refractivity contribution in [2.24, 2.45) is 0 Å². The van der Waals surface area contributed by atoms with Crippen molar-refractivity contribution in [2.75, 3.05) is 0 Å². The number of nitrogens with zero attached hydrogens (tertiary/aromatic N) is 3. The highest BCUT2D eigenvalue weighted by atomic mass is 32.2. The van der Waals surface area contributed by atoms with Crippen molar-refractivity contribution in [2.45, 2.75) is 4.90 Å². The Morgan fingerprint density at radius 1 is 1.14 bits per heavy atom. The summed E-state index contributed by atoms with van der Waals surface area (Å²) in [6, 6.07) is 9.16. The molecule has 106 valence electrons. The zero-order valence-electron chi connectivity index (χ0n) is 10.5. The summed E-state index contributed by atoms with van der Waals surface area (Å²) in [5.74, 6) is -0.126. The van der Waals surface area contributed by atoms with Crippen molar-refractivity contribution in [3.63, 3.8) is 0 Å². The van der Waals surface area contributed by atoms with E-state index >= 15 is 0 Å². The molecule has 0 aliphatic carbocycles. The highest BCUT2D eigenvalue weighted by Crippen LogP contribution is 2.22. The van der Waals surface area contributed by atoms with Crippen molar-refractivity contribution >= 4 is 10.6 Å². The highest BCUT2D eigenvalue weighted by molar-refractivity contribution is 7.73. The van der Waals surface area contributed by atoms with Gasteiger partial charge in [-0.2, -0.15) is 20.0 Å². The number of pyridine rings is 1. The second-order valence-corrected chi connectivity index (χ2v) is 5.09. The Bertz CT molecular complexity index is 851. The number of hydrogen-bond donors (Lipinski definition) is 1. The minimum Gasteiger partial charge on any atom is -0.440 e. The number of nitrogens with one attached hydrogen (secondary N) is 1. The van der Waals surface area contributed by atoms with Crippen molar-refractivity contribution in [1.29, 1.82) is 4.78 Å².